The van der Waals surface area contributed by atoms with Crippen molar-refractivity contribution in [1.29, 1.82) is 0 Å². The summed E-state index contributed by atoms with van der Waals surface area (Å²) in [6, 6.07) is 0. The summed E-state index contributed by atoms with van der Waals surface area (Å²) in [5.74, 6) is -0.444. The first-order valence-corrected chi connectivity index (χ1v) is 43.0. The van der Waals surface area contributed by atoms with E-state index in [1.807, 2.05) is 0 Å². The molecule has 0 aromatic rings. The van der Waals surface area contributed by atoms with E-state index in [4.69, 9.17) is 91.8 Å². The van der Waals surface area contributed by atoms with Crippen LogP contribution in [0.15, 0.2) is 48.6 Å². The average Bonchev–Trinajstić information content (AvgIpc) is 1.55. The largest absolute Gasteiger partial charge is 0.392 e. The van der Waals surface area contributed by atoms with Gasteiger partial charge in [-0.25, -0.2) is 0 Å². The molecule has 0 radical (unpaired) electrons. The molecule has 38 atom stereocenters. The molecule has 20 aliphatic rings. The van der Waals surface area contributed by atoms with Crippen molar-refractivity contribution in [2.24, 2.45) is 47.0 Å². The Morgan fingerprint density at radius 1 is 0.417 bits per heavy atom. The molecule has 0 saturated carbocycles. The Kier molecular flexibility index (Phi) is 24.2. The van der Waals surface area contributed by atoms with Gasteiger partial charge in [0.25, 0.3) is 10.1 Å². The second-order valence-electron chi connectivity index (χ2n) is 35.9. The molecule has 2 spiro atoms. The quantitative estimate of drug-likeness (QED) is 0.123. The van der Waals surface area contributed by atoms with Crippen molar-refractivity contribution >= 4 is 21.7 Å². The van der Waals surface area contributed by atoms with E-state index in [0.717, 1.165) is 112 Å². The van der Waals surface area contributed by atoms with E-state index in [1.54, 1.807) is 0 Å². The summed E-state index contributed by atoms with van der Waals surface area (Å²) in [5.41, 5.74) is 16.1. The number of aliphatic hydroxyl groups is 2. The molecule has 20 heterocycles. The second-order valence-corrected chi connectivity index (χ2v) is 37.4. The van der Waals surface area contributed by atoms with Crippen molar-refractivity contribution in [2.75, 3.05) is 19.3 Å². The lowest BCUT2D eigenvalue weighted by Crippen LogP contribution is -2.61. The van der Waals surface area contributed by atoms with E-state index in [9.17, 15) is 28.2 Å². The topological polar surface area (TPSA) is 329 Å². The normalized spacial score (nSPS) is 50.8. The molecule has 8 unspecified atom stereocenters. The van der Waals surface area contributed by atoms with Crippen molar-refractivity contribution in [2.45, 2.75) is 397 Å². The lowest BCUT2D eigenvalue weighted by Gasteiger charge is -2.47. The van der Waals surface area contributed by atoms with Crippen LogP contribution in [0, 0.1) is 35.5 Å². The molecular weight excluding hydrogens is 1410 g/mol. The number of carbonyl (C=O) groups is 2. The smallest absolute Gasteiger partial charge is 0.261 e. The van der Waals surface area contributed by atoms with Crippen LogP contribution in [0.1, 0.15) is 202 Å². The Balaban J connectivity index is 0.000000161. The Hall–Kier alpha value is -2.59. The van der Waals surface area contributed by atoms with E-state index in [0.29, 0.717) is 95.1 Å². The van der Waals surface area contributed by atoms with E-state index in [-0.39, 0.29) is 227 Å². The molecule has 20 rings (SSSR count). The van der Waals surface area contributed by atoms with Gasteiger partial charge in [0.1, 0.15) is 72.6 Å². The summed E-state index contributed by atoms with van der Waals surface area (Å²) >= 11 is 0. The molecule has 108 heavy (non-hydrogen) atoms. The third-order valence-corrected chi connectivity index (χ3v) is 28.4. The Morgan fingerprint density at radius 3 is 1.17 bits per heavy atom. The molecule has 20 fully saturated rings. The average molecular weight is 1540 g/mol. The fraction of sp³-hybridized carbons (Fsp3) is 0.878. The van der Waals surface area contributed by atoms with Crippen LogP contribution in [0.2, 0.25) is 0 Å². The standard InChI is InChI=1S/2C40H59NO10.CH4O3S.CH4/c2*1-19-11-25-5-7-29-20(2)12-27(44-29)9-10-40-17-34-36(50-40)37-38(49-34)39(51-40)35-30(48-37)8-6-26(46-35)13-23(42)14-28-22(4)31(15-24(43)18-41)47-33(28)16-32(45-25)21(19)3;1-5(2,3)4;/h2*19,22,24-39,43H,2-3,5-18,41H2,1,4H3;1H3,(H,2,3,4);1H4/t2*19-,22-,24+,25+,26?,27+,28-,29?,30+,31-,32-,33?,34-,35+,36+,37+,38-,39+,40?;;/m11../s1. The number of hydrogen-bond acceptors (Lipinski definition) is 24. The summed E-state index contributed by atoms with van der Waals surface area (Å²) in [6.45, 7) is 27.0. The number of hydrogen-bond donors (Lipinski definition) is 5. The summed E-state index contributed by atoms with van der Waals surface area (Å²) in [7, 11) is -3.67. The maximum Gasteiger partial charge on any atom is 0.261 e. The van der Waals surface area contributed by atoms with Crippen molar-refractivity contribution in [3.63, 3.8) is 0 Å². The second kappa shape index (κ2) is 32.5. The molecule has 20 saturated heterocycles. The minimum Gasteiger partial charge on any atom is -0.392 e. The zero-order chi connectivity index (χ0) is 74.9. The third-order valence-electron chi connectivity index (χ3n) is 28.4. The highest BCUT2D eigenvalue weighted by Gasteiger charge is 2.71. The van der Waals surface area contributed by atoms with Crippen molar-refractivity contribution in [1.82, 2.24) is 0 Å². The first kappa shape index (κ1) is 80.6. The van der Waals surface area contributed by atoms with Gasteiger partial charge in [-0.15, -0.1) is 0 Å². The highest BCUT2D eigenvalue weighted by atomic mass is 32.2. The first-order chi connectivity index (χ1) is 51.1. The van der Waals surface area contributed by atoms with Crippen LogP contribution in [0.3, 0.4) is 0 Å². The van der Waals surface area contributed by atoms with Gasteiger partial charge in [-0.3, -0.25) is 14.1 Å². The predicted molar refractivity (Wildman–Crippen MR) is 393 cm³/mol. The van der Waals surface area contributed by atoms with Gasteiger partial charge in [-0.1, -0.05) is 61.4 Å². The Bertz CT molecular complexity index is 3180. The van der Waals surface area contributed by atoms with E-state index >= 15 is 0 Å². The van der Waals surface area contributed by atoms with Crippen LogP contribution < -0.4 is 11.5 Å². The number of nitrogens with two attached hydrogens (primary N) is 2. The van der Waals surface area contributed by atoms with Gasteiger partial charge in [0, 0.05) is 90.1 Å². The van der Waals surface area contributed by atoms with Crippen LogP contribution in [0.25, 0.3) is 0 Å². The zero-order valence-electron chi connectivity index (χ0n) is 63.5. The molecule has 20 aliphatic heterocycles. The van der Waals surface area contributed by atoms with Crippen LogP contribution in [0.4, 0.5) is 0 Å². The number of Topliss-reactive ketones (excluding diaryl/α,β-unsaturated/α-hetero) is 2. The monoisotopic (exact) mass is 1540 g/mol. The number of ether oxygens (including phenoxy) is 16. The molecule has 0 aliphatic carbocycles. The zero-order valence-corrected chi connectivity index (χ0v) is 64.3. The molecule has 25 nitrogen and oxygen atoms in total. The molecule has 608 valence electrons. The highest BCUT2D eigenvalue weighted by molar-refractivity contribution is 7.85. The third kappa shape index (κ3) is 16.6. The van der Waals surface area contributed by atoms with E-state index in [1.165, 1.54) is 0 Å². The maximum absolute atomic E-state index is 14.0. The Labute approximate surface area is 638 Å². The minimum absolute atomic E-state index is 0. The highest BCUT2D eigenvalue weighted by Crippen LogP contribution is 2.58. The van der Waals surface area contributed by atoms with Gasteiger partial charge in [0.2, 0.25) is 0 Å². The number of rotatable bonds is 6. The molecule has 26 heteroatoms. The SMILES string of the molecule is C.C=C1C[C@@H]2CCC34C[C@H]5O[C@H]6[C@@H](O3)[C@H]3OC(CC[C@@H]3O[C@H]6[C@H]5O4)CC(=O)C[C@H]3C(C[C@H]4O[C@@H](CCC1O2)C[C@@H](C)C4=C)O[C@H](C[C@H](O)CN)[C@@H]3C.C=C1C[C@@H]2CCC34C[C@H]5O[C@H]6[C@@H](O3)[C@H]3OC(CC[C@@H]3O[C@H]6[C@H]5O4)CC(=O)C[C@H]3C(C[C@H]4O[C@@H](CCC1O2)C[C@@H](C)C4=C)O[C@H](C[C@H](O)CN)[C@@H]3C.CS(=O)(=O)O. The van der Waals surface area contributed by atoms with E-state index < -0.39 is 33.9 Å². The summed E-state index contributed by atoms with van der Waals surface area (Å²) in [6.07, 6.45) is 13.6. The fourth-order valence-electron chi connectivity index (χ4n) is 22.6. The first-order valence-electron chi connectivity index (χ1n) is 41.1. The van der Waals surface area contributed by atoms with Crippen molar-refractivity contribution in [3.8, 4) is 0 Å². The molecule has 0 aromatic carbocycles. The summed E-state index contributed by atoms with van der Waals surface area (Å²) in [5, 5.41) is 21.0. The maximum atomic E-state index is 14.0. The lowest BCUT2D eigenvalue weighted by molar-refractivity contribution is -0.292. The van der Waals surface area contributed by atoms with Crippen LogP contribution in [-0.4, -0.2) is 249 Å². The van der Waals surface area contributed by atoms with Crippen molar-refractivity contribution in [3.05, 3.63) is 48.6 Å². The molecule has 0 amide bonds. The Morgan fingerprint density at radius 2 is 0.769 bits per heavy atom. The molecule has 0 aromatic heterocycles. The molecular formula is C82H126N2O23S. The number of aliphatic hydroxyl groups excluding tert-OH is 2. The van der Waals surface area contributed by atoms with Gasteiger partial charge in [-0.2, -0.15) is 8.42 Å². The van der Waals surface area contributed by atoms with Gasteiger partial charge >= 0.3 is 0 Å². The van der Waals surface area contributed by atoms with Crippen molar-refractivity contribution < 1.29 is 109 Å². The number of ketones is 2. The van der Waals surface area contributed by atoms with Gasteiger partial charge in [0.05, 0.1) is 128 Å². The summed E-state index contributed by atoms with van der Waals surface area (Å²) in [4.78, 5) is 28.0. The minimum atomic E-state index is -3.67. The number of fused-ring (bicyclic) bond motifs is 12. The fourth-order valence-corrected chi connectivity index (χ4v) is 22.6. The lowest BCUT2D eigenvalue weighted by atomic mass is 9.78. The van der Waals surface area contributed by atoms with Crippen LogP contribution in [-0.2, 0) is 95.5 Å². The van der Waals surface area contributed by atoms with Gasteiger partial charge < -0.3 is 97.5 Å². The molecule has 7 N–H and O–H groups in total. The predicted octanol–water partition coefficient (Wildman–Crippen LogP) is 8.26. The van der Waals surface area contributed by atoms with Gasteiger partial charge in [0.15, 0.2) is 11.6 Å². The van der Waals surface area contributed by atoms with Crippen LogP contribution >= 0.6 is 0 Å². The number of carbonyl (C=O) groups excluding carboxylic acids is 2. The molecule has 24 bridgehead atoms. The van der Waals surface area contributed by atoms with Gasteiger partial charge in [-0.05, 0) is 148 Å². The van der Waals surface area contributed by atoms with E-state index in [2.05, 4.69) is 54.0 Å². The summed E-state index contributed by atoms with van der Waals surface area (Å²) < 4.78 is 134. The van der Waals surface area contributed by atoms with Crippen LogP contribution in [0.5, 0.6) is 0 Å².